The second-order valence-corrected chi connectivity index (χ2v) is 5.14. The van der Waals surface area contributed by atoms with Gasteiger partial charge >= 0.3 is 0 Å². The molecule has 0 bridgehead atoms. The number of carbonyl (C=O) groups excluding carboxylic acids is 1. The third kappa shape index (κ3) is 3.89. The number of halogens is 1. The number of anilines is 2. The van der Waals surface area contributed by atoms with Gasteiger partial charge in [-0.05, 0) is 49.4 Å². The zero-order chi connectivity index (χ0) is 15.4. The summed E-state index contributed by atoms with van der Waals surface area (Å²) in [6.45, 7) is 1.71. The monoisotopic (exact) mass is 304 g/mol. The summed E-state index contributed by atoms with van der Waals surface area (Å²) in [5, 5.41) is 0.569. The Bertz CT molecular complexity index is 628. The lowest BCUT2D eigenvalue weighted by Gasteiger charge is -2.22. The van der Waals surface area contributed by atoms with Crippen LogP contribution in [0.4, 0.5) is 11.4 Å². The highest BCUT2D eigenvalue weighted by Gasteiger charge is 2.20. The van der Waals surface area contributed by atoms with Crippen molar-refractivity contribution >= 4 is 28.9 Å². The van der Waals surface area contributed by atoms with Gasteiger partial charge in [0.05, 0.1) is 0 Å². The first kappa shape index (κ1) is 15.2. The van der Waals surface area contributed by atoms with Crippen LogP contribution in [0.25, 0.3) is 0 Å². The zero-order valence-electron chi connectivity index (χ0n) is 11.9. The van der Waals surface area contributed by atoms with Crippen LogP contribution in [0, 0.1) is 0 Å². The Balaban J connectivity index is 2.06. The van der Waals surface area contributed by atoms with Crippen LogP contribution in [0.5, 0.6) is 5.75 Å². The van der Waals surface area contributed by atoms with Gasteiger partial charge in [0, 0.05) is 23.4 Å². The number of carbonyl (C=O) groups is 1. The van der Waals surface area contributed by atoms with Gasteiger partial charge in [-0.1, -0.05) is 17.7 Å². The molecule has 0 saturated carbocycles. The second-order valence-electron chi connectivity index (χ2n) is 4.71. The van der Waals surface area contributed by atoms with E-state index in [1.165, 1.54) is 4.90 Å². The number of hydrogen-bond donors (Lipinski definition) is 1. The molecule has 0 aliphatic heterocycles. The van der Waals surface area contributed by atoms with Crippen molar-refractivity contribution in [3.63, 3.8) is 0 Å². The molecule has 2 rings (SSSR count). The molecule has 1 unspecified atom stereocenters. The highest BCUT2D eigenvalue weighted by atomic mass is 35.5. The number of rotatable bonds is 4. The number of amides is 1. The summed E-state index contributed by atoms with van der Waals surface area (Å²) in [5.41, 5.74) is 7.05. The lowest BCUT2D eigenvalue weighted by atomic mass is 10.2. The van der Waals surface area contributed by atoms with E-state index in [0.29, 0.717) is 16.5 Å². The molecule has 0 saturated heterocycles. The first-order valence-electron chi connectivity index (χ1n) is 6.52. The standard InChI is InChI=1S/C16H17ClN2O2/c1-11(21-15-5-3-4-12(17)10-15)16(20)19(2)14-8-6-13(18)7-9-14/h3-11H,18H2,1-2H3. The van der Waals surface area contributed by atoms with Crippen molar-refractivity contribution in [3.8, 4) is 5.75 Å². The molecular weight excluding hydrogens is 288 g/mol. The minimum Gasteiger partial charge on any atom is -0.481 e. The molecule has 0 radical (unpaired) electrons. The molecular formula is C16H17ClN2O2. The number of benzene rings is 2. The number of nitrogens with two attached hydrogens (primary N) is 1. The molecule has 5 heteroatoms. The third-order valence-electron chi connectivity index (χ3n) is 3.07. The number of nitrogen functional groups attached to an aromatic ring is 1. The van der Waals surface area contributed by atoms with Crippen molar-refractivity contribution in [1.29, 1.82) is 0 Å². The van der Waals surface area contributed by atoms with E-state index in [0.717, 1.165) is 5.69 Å². The largest absolute Gasteiger partial charge is 0.481 e. The quantitative estimate of drug-likeness (QED) is 0.881. The summed E-state index contributed by atoms with van der Waals surface area (Å²) >= 11 is 5.89. The molecule has 4 nitrogen and oxygen atoms in total. The minimum atomic E-state index is -0.619. The van der Waals surface area contributed by atoms with E-state index in [9.17, 15) is 4.79 Å². The van der Waals surface area contributed by atoms with E-state index in [-0.39, 0.29) is 5.91 Å². The Kier molecular flexibility index (Phi) is 4.70. The highest BCUT2D eigenvalue weighted by molar-refractivity contribution is 6.30. The Morgan fingerprint density at radius 2 is 1.90 bits per heavy atom. The fourth-order valence-corrected chi connectivity index (χ4v) is 2.07. The third-order valence-corrected chi connectivity index (χ3v) is 3.30. The van der Waals surface area contributed by atoms with E-state index < -0.39 is 6.10 Å². The topological polar surface area (TPSA) is 55.6 Å². The summed E-state index contributed by atoms with van der Waals surface area (Å²) in [7, 11) is 1.70. The molecule has 0 spiro atoms. The van der Waals surface area contributed by atoms with Gasteiger partial charge in [0.2, 0.25) is 0 Å². The molecule has 110 valence electrons. The summed E-state index contributed by atoms with van der Waals surface area (Å²) < 4.78 is 5.62. The van der Waals surface area contributed by atoms with Crippen molar-refractivity contribution in [1.82, 2.24) is 0 Å². The van der Waals surface area contributed by atoms with Crippen molar-refractivity contribution in [3.05, 3.63) is 53.6 Å². The average molecular weight is 305 g/mol. The van der Waals surface area contributed by atoms with Gasteiger partial charge in [-0.15, -0.1) is 0 Å². The van der Waals surface area contributed by atoms with Gasteiger partial charge in [-0.2, -0.15) is 0 Å². The first-order valence-corrected chi connectivity index (χ1v) is 6.90. The van der Waals surface area contributed by atoms with E-state index in [2.05, 4.69) is 0 Å². The molecule has 1 amide bonds. The first-order chi connectivity index (χ1) is 9.97. The highest BCUT2D eigenvalue weighted by Crippen LogP contribution is 2.20. The smallest absolute Gasteiger partial charge is 0.267 e. The van der Waals surface area contributed by atoms with Gasteiger partial charge in [0.15, 0.2) is 6.10 Å². The molecule has 2 N–H and O–H groups in total. The van der Waals surface area contributed by atoms with Crippen LogP contribution < -0.4 is 15.4 Å². The van der Waals surface area contributed by atoms with Crippen LogP contribution >= 0.6 is 11.6 Å². The van der Waals surface area contributed by atoms with E-state index in [1.807, 2.05) is 0 Å². The van der Waals surface area contributed by atoms with Crippen LogP contribution in [-0.2, 0) is 4.79 Å². The Labute approximate surface area is 129 Å². The van der Waals surface area contributed by atoms with Crippen molar-refractivity contribution in [2.75, 3.05) is 17.7 Å². The van der Waals surface area contributed by atoms with Crippen LogP contribution in [0.3, 0.4) is 0 Å². The van der Waals surface area contributed by atoms with Crippen LogP contribution in [0.2, 0.25) is 5.02 Å². The van der Waals surface area contributed by atoms with Crippen LogP contribution in [-0.4, -0.2) is 19.1 Å². The molecule has 0 aromatic heterocycles. The fraction of sp³-hybridized carbons (Fsp3) is 0.188. The number of nitrogens with zero attached hydrogens (tertiary/aromatic N) is 1. The second kappa shape index (κ2) is 6.50. The minimum absolute atomic E-state index is 0.153. The van der Waals surface area contributed by atoms with E-state index >= 15 is 0 Å². The SMILES string of the molecule is CC(Oc1cccc(Cl)c1)C(=O)N(C)c1ccc(N)cc1. The predicted molar refractivity (Wildman–Crippen MR) is 85.8 cm³/mol. The van der Waals surface area contributed by atoms with Crippen LogP contribution in [0.1, 0.15) is 6.92 Å². The molecule has 0 aliphatic carbocycles. The maximum absolute atomic E-state index is 12.4. The van der Waals surface area contributed by atoms with Gasteiger partial charge in [0.1, 0.15) is 5.75 Å². The molecule has 21 heavy (non-hydrogen) atoms. The maximum Gasteiger partial charge on any atom is 0.267 e. The summed E-state index contributed by atoms with van der Waals surface area (Å²) in [5.74, 6) is 0.411. The lowest BCUT2D eigenvalue weighted by molar-refractivity contribution is -0.124. The predicted octanol–water partition coefficient (Wildman–Crippen LogP) is 3.35. The van der Waals surface area contributed by atoms with Gasteiger partial charge in [-0.3, -0.25) is 4.79 Å². The summed E-state index contributed by atoms with van der Waals surface area (Å²) in [6, 6.07) is 14.1. The summed E-state index contributed by atoms with van der Waals surface area (Å²) in [6.07, 6.45) is -0.619. The number of ether oxygens (including phenoxy) is 1. The molecule has 2 aromatic carbocycles. The maximum atomic E-state index is 12.4. The summed E-state index contributed by atoms with van der Waals surface area (Å²) in [4.78, 5) is 13.9. The van der Waals surface area contributed by atoms with E-state index in [1.54, 1.807) is 62.5 Å². The molecule has 2 aromatic rings. The molecule has 0 fully saturated rings. The average Bonchev–Trinajstić information content (AvgIpc) is 2.46. The Morgan fingerprint density at radius 1 is 1.24 bits per heavy atom. The van der Waals surface area contributed by atoms with Gasteiger partial charge in [0.25, 0.3) is 5.91 Å². The molecule has 1 atom stereocenters. The van der Waals surface area contributed by atoms with Crippen LogP contribution in [0.15, 0.2) is 48.5 Å². The molecule has 0 aliphatic rings. The van der Waals surface area contributed by atoms with Crippen molar-refractivity contribution in [2.24, 2.45) is 0 Å². The molecule has 0 heterocycles. The number of likely N-dealkylation sites (N-methyl/N-ethyl adjacent to an activating group) is 1. The van der Waals surface area contributed by atoms with Gasteiger partial charge < -0.3 is 15.4 Å². The van der Waals surface area contributed by atoms with Gasteiger partial charge in [-0.25, -0.2) is 0 Å². The Morgan fingerprint density at radius 3 is 2.52 bits per heavy atom. The Hall–Kier alpha value is -2.20. The number of hydrogen-bond acceptors (Lipinski definition) is 3. The normalized spacial score (nSPS) is 11.8. The van der Waals surface area contributed by atoms with Crippen molar-refractivity contribution < 1.29 is 9.53 Å². The fourth-order valence-electron chi connectivity index (χ4n) is 1.89. The van der Waals surface area contributed by atoms with E-state index in [4.69, 9.17) is 22.1 Å². The zero-order valence-corrected chi connectivity index (χ0v) is 12.7. The van der Waals surface area contributed by atoms with Crippen molar-refractivity contribution in [2.45, 2.75) is 13.0 Å². The lowest BCUT2D eigenvalue weighted by Crippen LogP contribution is -2.38.